The molecule has 2 fully saturated rings. The highest BCUT2D eigenvalue weighted by Crippen LogP contribution is 2.38. The number of thioether (sulfide) groups is 2. The summed E-state index contributed by atoms with van der Waals surface area (Å²) in [5.41, 5.74) is 6.42. The predicted molar refractivity (Wildman–Crippen MR) is 74.3 cm³/mol. The molecule has 2 N–H and O–H groups in total. The molecule has 0 aliphatic carbocycles. The van der Waals surface area contributed by atoms with E-state index < -0.39 is 0 Å². The van der Waals surface area contributed by atoms with E-state index in [1.165, 1.54) is 18.6 Å². The summed E-state index contributed by atoms with van der Waals surface area (Å²) in [6, 6.07) is 0.327. The Morgan fingerprint density at radius 3 is 2.75 bits per heavy atom. The Morgan fingerprint density at radius 1 is 1.31 bits per heavy atom. The van der Waals surface area contributed by atoms with Crippen molar-refractivity contribution in [1.29, 1.82) is 0 Å². The summed E-state index contributed by atoms with van der Waals surface area (Å²) < 4.78 is 5.55. The standard InChI is InChI=1S/C12H23NOS2/c1-8-9(2)16-11(7-15-8)12(13)10-4-3-5-14-6-10/h8-12H,3-7,13H2,1-2H3. The van der Waals surface area contributed by atoms with Gasteiger partial charge < -0.3 is 10.5 Å². The lowest BCUT2D eigenvalue weighted by atomic mass is 9.92. The van der Waals surface area contributed by atoms with E-state index in [0.29, 0.717) is 17.2 Å². The average Bonchev–Trinajstić information content (AvgIpc) is 2.33. The fourth-order valence-electron chi connectivity index (χ4n) is 2.38. The summed E-state index contributed by atoms with van der Waals surface area (Å²) in [5, 5.41) is 2.14. The minimum atomic E-state index is 0.327. The molecule has 2 nitrogen and oxygen atoms in total. The SMILES string of the molecule is CC1SCC(C(N)C2CCCOC2)SC1C. The molecule has 0 aromatic heterocycles. The molecular formula is C12H23NOS2. The third kappa shape index (κ3) is 3.09. The molecule has 5 unspecified atom stereocenters. The van der Waals surface area contributed by atoms with E-state index in [1.807, 2.05) is 0 Å². The van der Waals surface area contributed by atoms with Crippen LogP contribution >= 0.6 is 23.5 Å². The first-order valence-electron chi connectivity index (χ1n) is 6.29. The number of ether oxygens (including phenoxy) is 1. The Labute approximate surface area is 107 Å². The van der Waals surface area contributed by atoms with Crippen molar-refractivity contribution in [1.82, 2.24) is 0 Å². The lowest BCUT2D eigenvalue weighted by Gasteiger charge is -2.38. The van der Waals surface area contributed by atoms with Gasteiger partial charge in [-0.25, -0.2) is 0 Å². The van der Waals surface area contributed by atoms with E-state index >= 15 is 0 Å². The van der Waals surface area contributed by atoms with Gasteiger partial charge in [-0.2, -0.15) is 23.5 Å². The topological polar surface area (TPSA) is 35.2 Å². The zero-order valence-corrected chi connectivity index (χ0v) is 11.9. The third-order valence-electron chi connectivity index (χ3n) is 3.74. The summed E-state index contributed by atoms with van der Waals surface area (Å²) in [6.07, 6.45) is 2.45. The number of hydrogen-bond donors (Lipinski definition) is 1. The largest absolute Gasteiger partial charge is 0.381 e. The fourth-order valence-corrected chi connectivity index (χ4v) is 5.52. The molecule has 4 heteroatoms. The van der Waals surface area contributed by atoms with Crippen LogP contribution in [0.4, 0.5) is 0 Å². The van der Waals surface area contributed by atoms with Gasteiger partial charge in [0.1, 0.15) is 0 Å². The van der Waals surface area contributed by atoms with Crippen LogP contribution in [0.5, 0.6) is 0 Å². The van der Waals surface area contributed by atoms with Crippen molar-refractivity contribution in [2.24, 2.45) is 11.7 Å². The maximum absolute atomic E-state index is 6.42. The van der Waals surface area contributed by atoms with E-state index in [-0.39, 0.29) is 0 Å². The van der Waals surface area contributed by atoms with E-state index in [2.05, 4.69) is 37.4 Å². The molecule has 0 bridgehead atoms. The Bertz CT molecular complexity index is 221. The van der Waals surface area contributed by atoms with E-state index in [4.69, 9.17) is 10.5 Å². The lowest BCUT2D eigenvalue weighted by Crippen LogP contribution is -2.47. The first-order chi connectivity index (χ1) is 7.68. The summed E-state index contributed by atoms with van der Waals surface area (Å²) in [4.78, 5) is 0. The van der Waals surface area contributed by atoms with Crippen molar-refractivity contribution in [3.63, 3.8) is 0 Å². The lowest BCUT2D eigenvalue weighted by molar-refractivity contribution is 0.0453. The minimum absolute atomic E-state index is 0.327. The summed E-state index contributed by atoms with van der Waals surface area (Å²) in [6.45, 7) is 6.47. The quantitative estimate of drug-likeness (QED) is 0.828. The van der Waals surface area contributed by atoms with Crippen LogP contribution in [0, 0.1) is 5.92 Å². The molecule has 0 radical (unpaired) electrons. The van der Waals surface area contributed by atoms with Gasteiger partial charge in [-0.05, 0) is 18.8 Å². The van der Waals surface area contributed by atoms with Crippen LogP contribution in [0.15, 0.2) is 0 Å². The Kier molecular flexibility index (Phi) is 4.89. The monoisotopic (exact) mass is 261 g/mol. The summed E-state index contributed by atoms with van der Waals surface area (Å²) >= 11 is 4.18. The Hall–Kier alpha value is 0.620. The molecule has 2 heterocycles. The maximum atomic E-state index is 6.42. The highest BCUT2D eigenvalue weighted by molar-refractivity contribution is 8.07. The van der Waals surface area contributed by atoms with E-state index in [9.17, 15) is 0 Å². The molecule has 2 aliphatic heterocycles. The molecular weight excluding hydrogens is 238 g/mol. The molecule has 0 amide bonds. The van der Waals surface area contributed by atoms with Crippen LogP contribution in [0.1, 0.15) is 26.7 Å². The number of nitrogens with two attached hydrogens (primary N) is 1. The van der Waals surface area contributed by atoms with Gasteiger partial charge in [0.15, 0.2) is 0 Å². The number of rotatable bonds is 2. The molecule has 5 atom stereocenters. The molecule has 0 aromatic carbocycles. The normalized spacial score (nSPS) is 42.9. The highest BCUT2D eigenvalue weighted by Gasteiger charge is 2.33. The fraction of sp³-hybridized carbons (Fsp3) is 1.00. The second kappa shape index (κ2) is 5.98. The summed E-state index contributed by atoms with van der Waals surface area (Å²) in [5.74, 6) is 1.81. The first kappa shape index (κ1) is 13.1. The molecule has 2 rings (SSSR count). The van der Waals surface area contributed by atoms with E-state index in [1.54, 1.807) is 0 Å². The zero-order valence-electron chi connectivity index (χ0n) is 10.2. The number of hydrogen-bond acceptors (Lipinski definition) is 4. The van der Waals surface area contributed by atoms with Crippen LogP contribution in [-0.4, -0.2) is 40.8 Å². The van der Waals surface area contributed by atoms with Crippen LogP contribution in [0.3, 0.4) is 0 Å². The second-order valence-electron chi connectivity index (χ2n) is 4.97. The second-order valence-corrected chi connectivity index (χ2v) is 8.00. The van der Waals surface area contributed by atoms with Gasteiger partial charge in [-0.15, -0.1) is 0 Å². The van der Waals surface area contributed by atoms with Crippen molar-refractivity contribution in [2.75, 3.05) is 19.0 Å². The van der Waals surface area contributed by atoms with Crippen LogP contribution < -0.4 is 5.73 Å². The zero-order chi connectivity index (χ0) is 11.5. The van der Waals surface area contributed by atoms with Crippen molar-refractivity contribution in [3.05, 3.63) is 0 Å². The van der Waals surface area contributed by atoms with Gasteiger partial charge in [-0.1, -0.05) is 13.8 Å². The Balaban J connectivity index is 1.86. The van der Waals surface area contributed by atoms with Gasteiger partial charge in [0, 0.05) is 34.2 Å². The van der Waals surface area contributed by atoms with Gasteiger partial charge in [0.2, 0.25) is 0 Å². The molecule has 0 aromatic rings. The van der Waals surface area contributed by atoms with Crippen LogP contribution in [0.2, 0.25) is 0 Å². The maximum Gasteiger partial charge on any atom is 0.0509 e. The molecule has 16 heavy (non-hydrogen) atoms. The smallest absolute Gasteiger partial charge is 0.0509 e. The average molecular weight is 261 g/mol. The van der Waals surface area contributed by atoms with Crippen molar-refractivity contribution >= 4 is 23.5 Å². The van der Waals surface area contributed by atoms with Crippen molar-refractivity contribution in [2.45, 2.75) is 48.5 Å². The summed E-state index contributed by atoms with van der Waals surface area (Å²) in [7, 11) is 0. The van der Waals surface area contributed by atoms with Crippen LogP contribution in [-0.2, 0) is 4.74 Å². The van der Waals surface area contributed by atoms with Crippen molar-refractivity contribution < 1.29 is 4.74 Å². The van der Waals surface area contributed by atoms with Gasteiger partial charge >= 0.3 is 0 Å². The van der Waals surface area contributed by atoms with E-state index in [0.717, 1.165) is 23.7 Å². The molecule has 2 saturated heterocycles. The van der Waals surface area contributed by atoms with Gasteiger partial charge in [0.05, 0.1) is 6.61 Å². The molecule has 2 aliphatic rings. The van der Waals surface area contributed by atoms with Crippen LogP contribution in [0.25, 0.3) is 0 Å². The first-order valence-corrected chi connectivity index (χ1v) is 8.28. The minimum Gasteiger partial charge on any atom is -0.381 e. The van der Waals surface area contributed by atoms with Gasteiger partial charge in [-0.3, -0.25) is 0 Å². The molecule has 94 valence electrons. The molecule has 0 spiro atoms. The Morgan fingerprint density at radius 2 is 2.12 bits per heavy atom. The van der Waals surface area contributed by atoms with Crippen molar-refractivity contribution in [3.8, 4) is 0 Å². The highest BCUT2D eigenvalue weighted by atomic mass is 32.2. The van der Waals surface area contributed by atoms with Gasteiger partial charge in [0.25, 0.3) is 0 Å². The molecule has 0 saturated carbocycles. The predicted octanol–water partition coefficient (Wildman–Crippen LogP) is 2.37. The third-order valence-corrected chi connectivity index (χ3v) is 7.28.